The number of aliphatic imine (C=N–C) groups is 1. The molecule has 0 aliphatic rings. The molecule has 0 fully saturated rings. The largest absolute Gasteiger partial charge is 0.459 e. The molecule has 148 valence electrons. The molecule has 0 aliphatic heterocycles. The number of hydrogen-bond acceptors (Lipinski definition) is 4. The lowest BCUT2D eigenvalue weighted by Crippen LogP contribution is -2.43. The van der Waals surface area contributed by atoms with Crippen LogP contribution >= 0.6 is 0 Å². The highest BCUT2D eigenvalue weighted by molar-refractivity contribution is 5.91. The van der Waals surface area contributed by atoms with Crippen LogP contribution in [0, 0.1) is 0 Å². The van der Waals surface area contributed by atoms with E-state index in [0.29, 0.717) is 24.9 Å². The van der Waals surface area contributed by atoms with Crippen molar-refractivity contribution < 1.29 is 9.21 Å². The minimum absolute atomic E-state index is 0.215. The third-order valence-corrected chi connectivity index (χ3v) is 4.15. The fraction of sp³-hybridized carbons (Fsp3) is 0.684. The van der Waals surface area contributed by atoms with Gasteiger partial charge in [-0.25, -0.2) is 0 Å². The molecule has 1 aromatic heterocycles. The van der Waals surface area contributed by atoms with Gasteiger partial charge in [-0.05, 0) is 58.5 Å². The molecular weight excluding hydrogens is 330 g/mol. The Bertz CT molecular complexity index is 512. The summed E-state index contributed by atoms with van der Waals surface area (Å²) < 4.78 is 5.06. The van der Waals surface area contributed by atoms with Gasteiger partial charge in [-0.15, -0.1) is 0 Å². The summed E-state index contributed by atoms with van der Waals surface area (Å²) in [5, 5.41) is 9.48. The molecular formula is C19H35N5O2. The molecule has 1 heterocycles. The molecule has 1 atom stereocenters. The molecule has 3 N–H and O–H groups in total. The van der Waals surface area contributed by atoms with Gasteiger partial charge in [0.05, 0.1) is 12.8 Å². The van der Waals surface area contributed by atoms with Gasteiger partial charge in [0, 0.05) is 19.1 Å². The van der Waals surface area contributed by atoms with Crippen molar-refractivity contribution in [3.63, 3.8) is 0 Å². The molecule has 7 heteroatoms. The van der Waals surface area contributed by atoms with Crippen molar-refractivity contribution in [1.29, 1.82) is 0 Å². The van der Waals surface area contributed by atoms with Crippen LogP contribution in [0.2, 0.25) is 0 Å². The zero-order chi connectivity index (χ0) is 19.2. The molecule has 0 saturated heterocycles. The van der Waals surface area contributed by atoms with Crippen LogP contribution in [0.3, 0.4) is 0 Å². The SMILES string of the molecule is CCNC(=NCCNC(=O)c1ccco1)NC(C)CCCN(CC)CC. The van der Waals surface area contributed by atoms with E-state index in [9.17, 15) is 4.79 Å². The minimum Gasteiger partial charge on any atom is -0.459 e. The lowest BCUT2D eigenvalue weighted by atomic mass is 10.2. The van der Waals surface area contributed by atoms with Crippen LogP contribution in [0.25, 0.3) is 0 Å². The van der Waals surface area contributed by atoms with Crippen LogP contribution in [0.5, 0.6) is 0 Å². The number of furan rings is 1. The monoisotopic (exact) mass is 365 g/mol. The Balaban J connectivity index is 2.31. The Morgan fingerprint density at radius 2 is 2.04 bits per heavy atom. The standard InChI is InChI=1S/C19H35N5O2/c1-5-20-19(23-16(4)10-8-14-24(6-2)7-3)22-13-12-21-18(25)17-11-9-15-26-17/h9,11,15-16H,5-8,10,12-14H2,1-4H3,(H,21,25)(H2,20,22,23). The molecule has 0 saturated carbocycles. The number of carbonyl (C=O) groups excluding carboxylic acids is 1. The van der Waals surface area contributed by atoms with E-state index in [1.165, 1.54) is 6.26 Å². The zero-order valence-electron chi connectivity index (χ0n) is 16.7. The Kier molecular flexibility index (Phi) is 11.2. The molecule has 1 unspecified atom stereocenters. The molecule has 26 heavy (non-hydrogen) atoms. The lowest BCUT2D eigenvalue weighted by Gasteiger charge is -2.21. The van der Waals surface area contributed by atoms with E-state index in [0.717, 1.165) is 45.0 Å². The van der Waals surface area contributed by atoms with Crippen LogP contribution in [0.15, 0.2) is 27.8 Å². The number of rotatable bonds is 12. The van der Waals surface area contributed by atoms with Gasteiger partial charge in [0.15, 0.2) is 11.7 Å². The summed E-state index contributed by atoms with van der Waals surface area (Å²) in [5.74, 6) is 0.892. The first kappa shape index (κ1) is 22.0. The van der Waals surface area contributed by atoms with Crippen molar-refractivity contribution in [2.45, 2.75) is 46.6 Å². The number of amides is 1. The van der Waals surface area contributed by atoms with Crippen LogP contribution < -0.4 is 16.0 Å². The molecule has 0 aliphatic carbocycles. The van der Waals surface area contributed by atoms with E-state index in [4.69, 9.17) is 4.42 Å². The summed E-state index contributed by atoms with van der Waals surface area (Å²) in [6, 6.07) is 3.69. The summed E-state index contributed by atoms with van der Waals surface area (Å²) >= 11 is 0. The number of carbonyl (C=O) groups is 1. The molecule has 1 rings (SSSR count). The van der Waals surface area contributed by atoms with Crippen molar-refractivity contribution >= 4 is 11.9 Å². The van der Waals surface area contributed by atoms with Gasteiger partial charge in [-0.2, -0.15) is 0 Å². The van der Waals surface area contributed by atoms with Gasteiger partial charge in [-0.3, -0.25) is 9.79 Å². The van der Waals surface area contributed by atoms with E-state index in [1.54, 1.807) is 12.1 Å². The van der Waals surface area contributed by atoms with E-state index in [1.807, 2.05) is 6.92 Å². The fourth-order valence-electron chi connectivity index (χ4n) is 2.62. The van der Waals surface area contributed by atoms with Crippen LogP contribution in [0.1, 0.15) is 51.1 Å². The summed E-state index contributed by atoms with van der Waals surface area (Å²) in [4.78, 5) is 18.7. The molecule has 0 aromatic carbocycles. The summed E-state index contributed by atoms with van der Waals surface area (Å²) in [5.41, 5.74) is 0. The second kappa shape index (κ2) is 13.2. The molecule has 0 bridgehead atoms. The average molecular weight is 366 g/mol. The quantitative estimate of drug-likeness (QED) is 0.300. The maximum Gasteiger partial charge on any atom is 0.287 e. The molecule has 0 radical (unpaired) electrons. The normalized spacial score (nSPS) is 12.9. The Labute approximate surface area is 157 Å². The highest BCUT2D eigenvalue weighted by atomic mass is 16.3. The summed E-state index contributed by atoms with van der Waals surface area (Å²) in [6.07, 6.45) is 3.74. The zero-order valence-corrected chi connectivity index (χ0v) is 16.7. The van der Waals surface area contributed by atoms with Crippen molar-refractivity contribution in [1.82, 2.24) is 20.9 Å². The molecule has 0 spiro atoms. The predicted molar refractivity (Wildman–Crippen MR) is 107 cm³/mol. The number of hydrogen-bond donors (Lipinski definition) is 3. The minimum atomic E-state index is -0.215. The van der Waals surface area contributed by atoms with Crippen molar-refractivity contribution in [2.75, 3.05) is 39.3 Å². The molecule has 7 nitrogen and oxygen atoms in total. The third-order valence-electron chi connectivity index (χ3n) is 4.15. The Morgan fingerprint density at radius 1 is 1.27 bits per heavy atom. The molecule has 1 aromatic rings. The Morgan fingerprint density at radius 3 is 2.65 bits per heavy atom. The third kappa shape index (κ3) is 8.89. The first-order valence-electron chi connectivity index (χ1n) is 9.69. The first-order chi connectivity index (χ1) is 12.6. The van der Waals surface area contributed by atoms with Crippen LogP contribution in [-0.4, -0.2) is 62.1 Å². The highest BCUT2D eigenvalue weighted by Crippen LogP contribution is 2.00. The Hall–Kier alpha value is -2.02. The van der Waals surface area contributed by atoms with Gasteiger partial charge in [-0.1, -0.05) is 13.8 Å². The van der Waals surface area contributed by atoms with Gasteiger partial charge in [0.2, 0.25) is 0 Å². The summed E-state index contributed by atoms with van der Waals surface area (Å²) in [6.45, 7) is 13.7. The second-order valence-electron chi connectivity index (χ2n) is 6.21. The number of guanidine groups is 1. The second-order valence-corrected chi connectivity index (χ2v) is 6.21. The van der Waals surface area contributed by atoms with Crippen molar-refractivity contribution in [2.24, 2.45) is 4.99 Å². The van der Waals surface area contributed by atoms with Crippen molar-refractivity contribution in [3.8, 4) is 0 Å². The van der Waals surface area contributed by atoms with Crippen molar-refractivity contribution in [3.05, 3.63) is 24.2 Å². The fourth-order valence-corrected chi connectivity index (χ4v) is 2.62. The summed E-state index contributed by atoms with van der Waals surface area (Å²) in [7, 11) is 0. The maximum absolute atomic E-state index is 11.8. The first-order valence-corrected chi connectivity index (χ1v) is 9.69. The molecule has 1 amide bonds. The predicted octanol–water partition coefficient (Wildman–Crippen LogP) is 2.08. The van der Waals surface area contributed by atoms with E-state index in [-0.39, 0.29) is 5.91 Å². The smallest absolute Gasteiger partial charge is 0.287 e. The van der Waals surface area contributed by atoms with Crippen LogP contribution in [-0.2, 0) is 0 Å². The van der Waals surface area contributed by atoms with Gasteiger partial charge in [0.1, 0.15) is 0 Å². The number of nitrogens with zero attached hydrogens (tertiary/aromatic N) is 2. The lowest BCUT2D eigenvalue weighted by molar-refractivity contribution is 0.0927. The van der Waals surface area contributed by atoms with Gasteiger partial charge in [0.25, 0.3) is 5.91 Å². The highest BCUT2D eigenvalue weighted by Gasteiger charge is 2.08. The van der Waals surface area contributed by atoms with Gasteiger partial charge < -0.3 is 25.3 Å². The topological polar surface area (TPSA) is 81.9 Å². The van der Waals surface area contributed by atoms with Crippen LogP contribution in [0.4, 0.5) is 0 Å². The number of nitrogens with one attached hydrogen (secondary N) is 3. The van der Waals surface area contributed by atoms with Gasteiger partial charge >= 0.3 is 0 Å². The average Bonchev–Trinajstić information content (AvgIpc) is 3.17. The van der Waals surface area contributed by atoms with E-state index < -0.39 is 0 Å². The van der Waals surface area contributed by atoms with E-state index >= 15 is 0 Å². The van der Waals surface area contributed by atoms with E-state index in [2.05, 4.69) is 46.6 Å². The maximum atomic E-state index is 11.8.